The lowest BCUT2D eigenvalue weighted by Gasteiger charge is -2.19. The van der Waals surface area contributed by atoms with E-state index >= 15 is 0 Å². The van der Waals surface area contributed by atoms with Crippen LogP contribution in [0.3, 0.4) is 0 Å². The highest BCUT2D eigenvalue weighted by Crippen LogP contribution is 2.44. The van der Waals surface area contributed by atoms with E-state index in [0.717, 1.165) is 12.8 Å². The van der Waals surface area contributed by atoms with Crippen molar-refractivity contribution >= 4 is 49.2 Å². The van der Waals surface area contributed by atoms with Gasteiger partial charge in [-0.2, -0.15) is 0 Å². The van der Waals surface area contributed by atoms with E-state index in [4.69, 9.17) is 0 Å². The van der Waals surface area contributed by atoms with Crippen LogP contribution in [0, 0.1) is 0 Å². The highest BCUT2D eigenvalue weighted by molar-refractivity contribution is 6.22. The van der Waals surface area contributed by atoms with Crippen molar-refractivity contribution in [3.8, 4) is 22.3 Å². The van der Waals surface area contributed by atoms with E-state index in [1.807, 2.05) is 0 Å². The smallest absolute Gasteiger partial charge is 0.00262 e. The Morgan fingerprint density at radius 2 is 0.974 bits per heavy atom. The number of hydrogen-bond acceptors (Lipinski definition) is 0. The molecule has 0 aliphatic heterocycles. The average Bonchev–Trinajstić information content (AvgIpc) is 2.99. The van der Waals surface area contributed by atoms with Gasteiger partial charge in [0.1, 0.15) is 0 Å². The molecule has 0 radical (unpaired) electrons. The molecule has 0 aromatic heterocycles. The third kappa shape index (κ3) is 3.24. The maximum Gasteiger partial charge on any atom is -0.00262 e. The summed E-state index contributed by atoms with van der Waals surface area (Å²) < 4.78 is 0. The molecule has 0 N–H and O–H groups in total. The Morgan fingerprint density at radius 3 is 1.66 bits per heavy atom. The predicted molar refractivity (Wildman–Crippen MR) is 165 cm³/mol. The highest BCUT2D eigenvalue weighted by Gasteiger charge is 2.18. The fourth-order valence-corrected chi connectivity index (χ4v) is 6.52. The van der Waals surface area contributed by atoms with E-state index in [9.17, 15) is 0 Å². The van der Waals surface area contributed by atoms with Crippen molar-refractivity contribution in [2.75, 3.05) is 0 Å². The first kappa shape index (κ1) is 21.4. The van der Waals surface area contributed by atoms with E-state index in [0.29, 0.717) is 0 Å². The number of benzene rings is 7. The van der Waals surface area contributed by atoms with E-state index in [-0.39, 0.29) is 0 Å². The Bertz CT molecular complexity index is 2020. The van der Waals surface area contributed by atoms with Crippen molar-refractivity contribution in [1.82, 2.24) is 0 Å². The van der Waals surface area contributed by atoms with Crippen LogP contribution in [0.5, 0.6) is 0 Å². The highest BCUT2D eigenvalue weighted by atomic mass is 14.2. The molecular formula is C38H26. The molecule has 7 aromatic rings. The molecule has 0 heteroatoms. The summed E-state index contributed by atoms with van der Waals surface area (Å²) in [7, 11) is 0. The molecule has 0 bridgehead atoms. The van der Waals surface area contributed by atoms with Gasteiger partial charge in [-0.1, -0.05) is 121 Å². The molecule has 0 nitrogen and oxygen atoms in total. The molecule has 0 unspecified atom stereocenters. The molecule has 178 valence electrons. The first-order chi connectivity index (χ1) is 18.8. The lowest BCUT2D eigenvalue weighted by Crippen LogP contribution is -1.96. The van der Waals surface area contributed by atoms with Crippen molar-refractivity contribution in [3.63, 3.8) is 0 Å². The van der Waals surface area contributed by atoms with Crippen molar-refractivity contribution in [1.29, 1.82) is 0 Å². The van der Waals surface area contributed by atoms with Crippen molar-refractivity contribution < 1.29 is 0 Å². The number of allylic oxidation sites excluding steroid dienone is 1. The van der Waals surface area contributed by atoms with E-state index in [1.165, 1.54) is 76.5 Å². The molecule has 7 aromatic carbocycles. The molecule has 8 rings (SSSR count). The van der Waals surface area contributed by atoms with Gasteiger partial charge >= 0.3 is 0 Å². The summed E-state index contributed by atoms with van der Waals surface area (Å²) in [4.78, 5) is 0. The third-order valence-corrected chi connectivity index (χ3v) is 8.29. The first-order valence-electron chi connectivity index (χ1n) is 13.5. The Morgan fingerprint density at radius 1 is 0.421 bits per heavy atom. The Kier molecular flexibility index (Phi) is 4.75. The lowest BCUT2D eigenvalue weighted by molar-refractivity contribution is 0.997. The maximum absolute atomic E-state index is 2.44. The molecule has 0 spiro atoms. The molecule has 0 atom stereocenters. The molecule has 0 saturated carbocycles. The minimum Gasteiger partial charge on any atom is -0.0836 e. The zero-order chi connectivity index (χ0) is 25.1. The van der Waals surface area contributed by atoms with Crippen LogP contribution < -0.4 is 0 Å². The Labute approximate surface area is 222 Å². The van der Waals surface area contributed by atoms with E-state index < -0.39 is 0 Å². The standard InChI is InChI=1S/C38H26/c1-2-11-28-23-29(21-17-25(28)9-1)37-32-13-5-7-15-34(32)38(35-16-8-6-14-33(35)37)30-22-20-27-19-18-26-10-3-4-12-31(26)36(27)24-30/h1-3,5-11,13-24H,4,12H2. The number of hydrogen-bond donors (Lipinski definition) is 0. The molecule has 0 heterocycles. The van der Waals surface area contributed by atoms with Crippen molar-refractivity contribution in [2.45, 2.75) is 12.8 Å². The normalized spacial score (nSPS) is 12.9. The van der Waals surface area contributed by atoms with Gasteiger partial charge in [0.15, 0.2) is 0 Å². The van der Waals surface area contributed by atoms with Crippen LogP contribution in [-0.4, -0.2) is 0 Å². The molecule has 1 aliphatic carbocycles. The van der Waals surface area contributed by atoms with E-state index in [1.54, 1.807) is 0 Å². The Balaban J connectivity index is 1.47. The zero-order valence-corrected chi connectivity index (χ0v) is 21.1. The number of fused-ring (bicyclic) bond motifs is 6. The van der Waals surface area contributed by atoms with Crippen molar-refractivity contribution in [2.24, 2.45) is 0 Å². The molecule has 0 amide bonds. The maximum atomic E-state index is 2.44. The van der Waals surface area contributed by atoms with Crippen LogP contribution in [0.1, 0.15) is 17.5 Å². The molecular weight excluding hydrogens is 456 g/mol. The average molecular weight is 483 g/mol. The van der Waals surface area contributed by atoms with Gasteiger partial charge in [0.05, 0.1) is 0 Å². The second-order valence-electron chi connectivity index (χ2n) is 10.4. The van der Waals surface area contributed by atoms with Crippen LogP contribution in [0.15, 0.2) is 127 Å². The van der Waals surface area contributed by atoms with Gasteiger partial charge in [-0.15, -0.1) is 0 Å². The summed E-state index contributed by atoms with van der Waals surface area (Å²) >= 11 is 0. The summed E-state index contributed by atoms with van der Waals surface area (Å²) in [5.74, 6) is 0. The monoisotopic (exact) mass is 482 g/mol. The van der Waals surface area contributed by atoms with Gasteiger partial charge in [-0.3, -0.25) is 0 Å². The zero-order valence-electron chi connectivity index (χ0n) is 21.1. The largest absolute Gasteiger partial charge is 0.0836 e. The van der Waals surface area contributed by atoms with Crippen LogP contribution in [0.4, 0.5) is 0 Å². The van der Waals surface area contributed by atoms with E-state index in [2.05, 4.69) is 133 Å². The topological polar surface area (TPSA) is 0 Å². The fourth-order valence-electron chi connectivity index (χ4n) is 6.52. The summed E-state index contributed by atoms with van der Waals surface area (Å²) in [6.07, 6.45) is 6.80. The van der Waals surface area contributed by atoms with Gasteiger partial charge in [0.2, 0.25) is 0 Å². The number of aryl methyl sites for hydroxylation is 1. The summed E-state index contributed by atoms with van der Waals surface area (Å²) in [5, 5.41) is 10.5. The second kappa shape index (κ2) is 8.43. The van der Waals surface area contributed by atoms with Gasteiger partial charge in [0.25, 0.3) is 0 Å². The lowest BCUT2D eigenvalue weighted by atomic mass is 9.84. The molecule has 0 saturated heterocycles. The van der Waals surface area contributed by atoms with Gasteiger partial charge in [-0.05, 0) is 101 Å². The minimum atomic E-state index is 1.11. The molecule has 1 aliphatic rings. The van der Waals surface area contributed by atoms with Crippen LogP contribution in [-0.2, 0) is 6.42 Å². The van der Waals surface area contributed by atoms with Crippen LogP contribution in [0.2, 0.25) is 0 Å². The summed E-state index contributed by atoms with van der Waals surface area (Å²) in [5.41, 5.74) is 8.04. The van der Waals surface area contributed by atoms with Gasteiger partial charge in [-0.25, -0.2) is 0 Å². The van der Waals surface area contributed by atoms with Crippen LogP contribution >= 0.6 is 0 Å². The van der Waals surface area contributed by atoms with Gasteiger partial charge in [0, 0.05) is 0 Å². The molecule has 38 heavy (non-hydrogen) atoms. The third-order valence-electron chi connectivity index (χ3n) is 8.29. The number of rotatable bonds is 2. The SMILES string of the molecule is C1=Cc2ccc3ccc(-c4c5ccccc5c(-c5ccc6ccccc6c5)c5ccccc45)cc3c2CC1. The van der Waals surface area contributed by atoms with Crippen molar-refractivity contribution in [3.05, 3.63) is 139 Å². The molecule has 0 fully saturated rings. The minimum absolute atomic E-state index is 1.11. The second-order valence-corrected chi connectivity index (χ2v) is 10.4. The van der Waals surface area contributed by atoms with Gasteiger partial charge < -0.3 is 0 Å². The van der Waals surface area contributed by atoms with Crippen LogP contribution in [0.25, 0.3) is 71.4 Å². The summed E-state index contributed by atoms with van der Waals surface area (Å²) in [6.45, 7) is 0. The quantitative estimate of drug-likeness (QED) is 0.215. The Hall–Kier alpha value is -4.68. The fraction of sp³-hybridized carbons (Fsp3) is 0.0526. The summed E-state index contributed by atoms with van der Waals surface area (Å²) in [6, 6.07) is 45.0. The first-order valence-corrected chi connectivity index (χ1v) is 13.5. The predicted octanol–water partition coefficient (Wildman–Crippen LogP) is 10.6.